The van der Waals surface area contributed by atoms with Gasteiger partial charge in [-0.05, 0) is 35.9 Å². The summed E-state index contributed by atoms with van der Waals surface area (Å²) in [6, 6.07) is 21.5. The molecule has 5 rings (SSSR count). The molecule has 1 amide bonds. The van der Waals surface area contributed by atoms with Crippen molar-refractivity contribution in [3.8, 4) is 0 Å². The lowest BCUT2D eigenvalue weighted by molar-refractivity contribution is -0.120. The number of thiazole rings is 1. The van der Waals surface area contributed by atoms with E-state index in [1.165, 1.54) is 21.1 Å². The van der Waals surface area contributed by atoms with E-state index in [2.05, 4.69) is 16.4 Å². The van der Waals surface area contributed by atoms with Gasteiger partial charge in [0, 0.05) is 29.8 Å². The Balaban J connectivity index is 1.23. The molecule has 33 heavy (non-hydrogen) atoms. The van der Waals surface area contributed by atoms with Gasteiger partial charge in [0.15, 0.2) is 5.13 Å². The Kier molecular flexibility index (Phi) is 5.97. The molecule has 168 valence electrons. The van der Waals surface area contributed by atoms with Crippen LogP contribution in [0.1, 0.15) is 18.4 Å². The van der Waals surface area contributed by atoms with Crippen molar-refractivity contribution in [2.75, 3.05) is 18.4 Å². The van der Waals surface area contributed by atoms with Crippen LogP contribution in [0, 0.1) is 5.92 Å². The number of aromatic nitrogens is 1. The number of carbonyl (C=O) groups is 1. The zero-order valence-electron chi connectivity index (χ0n) is 17.8. The third kappa shape index (κ3) is 4.68. The highest BCUT2D eigenvalue weighted by Gasteiger charge is 2.30. The predicted molar refractivity (Wildman–Crippen MR) is 134 cm³/mol. The van der Waals surface area contributed by atoms with Crippen LogP contribution in [0.5, 0.6) is 0 Å². The highest BCUT2D eigenvalue weighted by Crippen LogP contribution is 2.32. The molecular weight excluding hydrogens is 454 g/mol. The predicted octanol–water partition coefficient (Wildman–Crippen LogP) is 5.10. The van der Waals surface area contributed by atoms with Crippen LogP contribution in [0.3, 0.4) is 0 Å². The average Bonchev–Trinajstić information content (AvgIpc) is 3.26. The van der Waals surface area contributed by atoms with Crippen LogP contribution in [0.4, 0.5) is 5.13 Å². The van der Waals surface area contributed by atoms with Crippen LogP contribution in [-0.4, -0.2) is 36.7 Å². The highest BCUT2D eigenvalue weighted by molar-refractivity contribution is 7.92. The second-order valence-electron chi connectivity index (χ2n) is 8.07. The number of benzene rings is 3. The summed E-state index contributed by atoms with van der Waals surface area (Å²) in [6.45, 7) is 0.647. The summed E-state index contributed by atoms with van der Waals surface area (Å²) >= 11 is 1.46. The van der Waals surface area contributed by atoms with Crippen molar-refractivity contribution >= 4 is 59.5 Å². The lowest BCUT2D eigenvalue weighted by Crippen LogP contribution is -2.40. The van der Waals surface area contributed by atoms with Crippen molar-refractivity contribution in [1.29, 1.82) is 0 Å². The van der Waals surface area contributed by atoms with E-state index in [9.17, 15) is 13.2 Å². The van der Waals surface area contributed by atoms with E-state index in [0.717, 1.165) is 26.6 Å². The molecule has 1 fully saturated rings. The van der Waals surface area contributed by atoms with Gasteiger partial charge < -0.3 is 5.32 Å². The monoisotopic (exact) mass is 477 g/mol. The fraction of sp³-hybridized carbons (Fsp3) is 0.200. The van der Waals surface area contributed by atoms with Crippen LogP contribution in [0.15, 0.2) is 72.1 Å². The van der Waals surface area contributed by atoms with Crippen LogP contribution >= 0.6 is 11.3 Å². The molecule has 2 heterocycles. The number of amides is 1. The molecule has 0 spiro atoms. The second kappa shape index (κ2) is 9.05. The van der Waals surface area contributed by atoms with Gasteiger partial charge in [-0.25, -0.2) is 13.4 Å². The molecule has 1 aliphatic heterocycles. The van der Waals surface area contributed by atoms with E-state index in [1.807, 2.05) is 60.7 Å². The molecule has 0 saturated carbocycles. The number of nitrogens with one attached hydrogen (secondary N) is 1. The van der Waals surface area contributed by atoms with E-state index in [-0.39, 0.29) is 11.8 Å². The maximum atomic E-state index is 12.8. The minimum absolute atomic E-state index is 0.102. The Bertz CT molecular complexity index is 1440. The number of sulfonamides is 1. The average molecular weight is 478 g/mol. The van der Waals surface area contributed by atoms with Crippen molar-refractivity contribution in [1.82, 2.24) is 9.29 Å². The zero-order valence-corrected chi connectivity index (χ0v) is 19.5. The molecule has 0 unspecified atom stereocenters. The second-order valence-corrected chi connectivity index (χ2v) is 10.9. The van der Waals surface area contributed by atoms with Crippen molar-refractivity contribution < 1.29 is 13.2 Å². The number of fused-ring (bicyclic) bond motifs is 3. The lowest BCUT2D eigenvalue weighted by atomic mass is 9.97. The van der Waals surface area contributed by atoms with Gasteiger partial charge in [-0.1, -0.05) is 72.0 Å². The van der Waals surface area contributed by atoms with Crippen molar-refractivity contribution in [2.24, 2.45) is 5.92 Å². The summed E-state index contributed by atoms with van der Waals surface area (Å²) in [6.07, 6.45) is 2.57. The molecule has 0 radical (unpaired) electrons. The minimum atomic E-state index is -3.52. The first-order valence-electron chi connectivity index (χ1n) is 10.8. The van der Waals surface area contributed by atoms with Gasteiger partial charge in [-0.2, -0.15) is 4.31 Å². The van der Waals surface area contributed by atoms with E-state index >= 15 is 0 Å². The van der Waals surface area contributed by atoms with E-state index in [4.69, 9.17) is 0 Å². The maximum absolute atomic E-state index is 12.8. The third-order valence-electron chi connectivity index (χ3n) is 5.93. The molecule has 1 saturated heterocycles. The van der Waals surface area contributed by atoms with Gasteiger partial charge >= 0.3 is 0 Å². The summed E-state index contributed by atoms with van der Waals surface area (Å²) in [5, 5.41) is 6.95. The van der Waals surface area contributed by atoms with Crippen molar-refractivity contribution in [3.63, 3.8) is 0 Å². The van der Waals surface area contributed by atoms with Gasteiger partial charge in [0.1, 0.15) is 0 Å². The van der Waals surface area contributed by atoms with Crippen LogP contribution in [0.25, 0.3) is 27.1 Å². The van der Waals surface area contributed by atoms with Crippen LogP contribution in [0.2, 0.25) is 0 Å². The molecule has 8 heteroatoms. The summed E-state index contributed by atoms with van der Waals surface area (Å²) in [4.78, 5) is 17.5. The Morgan fingerprint density at radius 3 is 2.52 bits per heavy atom. The normalized spacial score (nSPS) is 16.0. The lowest BCUT2D eigenvalue weighted by Gasteiger charge is -2.29. The van der Waals surface area contributed by atoms with Gasteiger partial charge in [-0.15, -0.1) is 0 Å². The first-order chi connectivity index (χ1) is 16.0. The summed E-state index contributed by atoms with van der Waals surface area (Å²) in [5.74, 6) is -0.339. The van der Waals surface area contributed by atoms with Gasteiger partial charge in [0.25, 0.3) is 0 Å². The molecule has 1 aromatic heterocycles. The number of rotatable bonds is 5. The standard InChI is InChI=1S/C25H23N3O3S2/c29-24(27-25-26-23-21-9-5-4-8-19(21)10-11-22(23)32-25)20-12-15-28(16-13-20)33(30,31)17-14-18-6-2-1-3-7-18/h1-11,14,17,20H,12-13,15-16H2,(H,26,27,29)/b17-14+. The molecule has 0 bridgehead atoms. The number of nitrogens with zero attached hydrogens (tertiary/aromatic N) is 2. The quantitative estimate of drug-likeness (QED) is 0.434. The first-order valence-corrected chi connectivity index (χ1v) is 13.1. The fourth-order valence-electron chi connectivity index (χ4n) is 4.11. The van der Waals surface area contributed by atoms with E-state index in [0.29, 0.717) is 31.1 Å². The Hall–Kier alpha value is -3.07. The molecule has 1 N–H and O–H groups in total. The molecule has 0 atom stereocenters. The number of carbonyl (C=O) groups excluding carboxylic acids is 1. The molecule has 3 aromatic carbocycles. The highest BCUT2D eigenvalue weighted by atomic mass is 32.2. The smallest absolute Gasteiger partial charge is 0.236 e. The molecule has 4 aromatic rings. The maximum Gasteiger partial charge on any atom is 0.236 e. The largest absolute Gasteiger partial charge is 0.302 e. The fourth-order valence-corrected chi connectivity index (χ4v) is 6.22. The SMILES string of the molecule is O=C(Nc1nc2c(ccc3ccccc32)s1)C1CCN(S(=O)(=O)/C=C/c2ccccc2)CC1. The van der Waals surface area contributed by atoms with Gasteiger partial charge in [0.2, 0.25) is 15.9 Å². The number of hydrogen-bond acceptors (Lipinski definition) is 5. The molecule has 0 aliphatic carbocycles. The van der Waals surface area contributed by atoms with E-state index < -0.39 is 10.0 Å². The zero-order chi connectivity index (χ0) is 22.8. The Morgan fingerprint density at radius 1 is 1.00 bits per heavy atom. The number of piperidine rings is 1. The van der Waals surface area contributed by atoms with E-state index in [1.54, 1.807) is 6.08 Å². The number of hydrogen-bond donors (Lipinski definition) is 1. The Labute approximate surface area is 196 Å². The van der Waals surface area contributed by atoms with Crippen molar-refractivity contribution in [2.45, 2.75) is 12.8 Å². The van der Waals surface area contributed by atoms with Gasteiger partial charge in [0.05, 0.1) is 10.2 Å². The summed E-state index contributed by atoms with van der Waals surface area (Å²) in [7, 11) is -3.52. The first kappa shape index (κ1) is 21.8. The molecular formula is C25H23N3O3S2. The molecule has 6 nitrogen and oxygen atoms in total. The van der Waals surface area contributed by atoms with Crippen molar-refractivity contribution in [3.05, 3.63) is 77.7 Å². The summed E-state index contributed by atoms with van der Waals surface area (Å²) in [5.41, 5.74) is 1.72. The Morgan fingerprint density at radius 2 is 1.73 bits per heavy atom. The number of anilines is 1. The topological polar surface area (TPSA) is 79.4 Å². The minimum Gasteiger partial charge on any atom is -0.302 e. The summed E-state index contributed by atoms with van der Waals surface area (Å²) < 4.78 is 27.8. The third-order valence-corrected chi connectivity index (χ3v) is 8.43. The van der Waals surface area contributed by atoms with Crippen LogP contribution in [-0.2, 0) is 14.8 Å². The van der Waals surface area contributed by atoms with Gasteiger partial charge in [-0.3, -0.25) is 4.79 Å². The van der Waals surface area contributed by atoms with Crippen LogP contribution < -0.4 is 5.32 Å². The molecule has 1 aliphatic rings.